The molecule has 4 rings (SSSR count). The SMILES string of the molecule is CCS(=O)(=O)CC1(NC(=O)N[C@H](C(=O)N2CC3C(C2C(=O)NC(CC2CCC2)C(=O)C(N)=O)C3(C)C)C(C)(C)C)CCCCC1. The summed E-state index contributed by atoms with van der Waals surface area (Å²) < 4.78 is 25.2. The first-order chi connectivity index (χ1) is 20.8. The highest BCUT2D eigenvalue weighted by molar-refractivity contribution is 7.91. The Morgan fingerprint density at radius 1 is 0.978 bits per heavy atom. The van der Waals surface area contributed by atoms with Gasteiger partial charge in [-0.25, -0.2) is 13.2 Å². The van der Waals surface area contributed by atoms with Crippen molar-refractivity contribution in [2.75, 3.05) is 18.1 Å². The fourth-order valence-corrected chi connectivity index (χ4v) is 9.22. The molecule has 4 unspecified atom stereocenters. The summed E-state index contributed by atoms with van der Waals surface area (Å²) in [5, 5.41) is 8.59. The number of ketones is 1. The van der Waals surface area contributed by atoms with Gasteiger partial charge in [0.2, 0.25) is 17.6 Å². The molecule has 0 spiro atoms. The maximum absolute atomic E-state index is 14.3. The van der Waals surface area contributed by atoms with Crippen molar-refractivity contribution >= 4 is 39.4 Å². The topological polar surface area (TPSA) is 185 Å². The molecular formula is C32H53N5O7S. The summed E-state index contributed by atoms with van der Waals surface area (Å²) >= 11 is 0. The monoisotopic (exact) mass is 651 g/mol. The van der Waals surface area contributed by atoms with Crippen LogP contribution in [0.25, 0.3) is 0 Å². The number of carbonyl (C=O) groups is 5. The fourth-order valence-electron chi connectivity index (χ4n) is 7.81. The second-order valence-electron chi connectivity index (χ2n) is 15.6. The van der Waals surface area contributed by atoms with Gasteiger partial charge in [-0.15, -0.1) is 0 Å². The van der Waals surface area contributed by atoms with Crippen LogP contribution in [-0.2, 0) is 29.0 Å². The Morgan fingerprint density at radius 3 is 2.11 bits per heavy atom. The lowest BCUT2D eigenvalue weighted by Crippen LogP contribution is -2.64. The van der Waals surface area contributed by atoms with E-state index in [1.54, 1.807) is 6.92 Å². The van der Waals surface area contributed by atoms with Crippen molar-refractivity contribution in [3.63, 3.8) is 0 Å². The lowest BCUT2D eigenvalue weighted by molar-refractivity contribution is -0.145. The molecule has 254 valence electrons. The van der Waals surface area contributed by atoms with E-state index in [1.807, 2.05) is 34.6 Å². The van der Waals surface area contributed by atoms with Gasteiger partial charge < -0.3 is 26.6 Å². The number of rotatable bonds is 12. The molecule has 1 heterocycles. The molecule has 0 aromatic heterocycles. The molecule has 0 bridgehead atoms. The Morgan fingerprint density at radius 2 is 1.60 bits per heavy atom. The minimum absolute atomic E-state index is 0.0230. The zero-order chi connectivity index (χ0) is 33.5. The number of nitrogens with zero attached hydrogens (tertiary/aromatic N) is 1. The zero-order valence-electron chi connectivity index (χ0n) is 27.7. The first-order valence-electron chi connectivity index (χ1n) is 16.6. The van der Waals surface area contributed by atoms with Gasteiger partial charge in [-0.2, -0.15) is 0 Å². The number of Topliss-reactive ketones (excluding diaryl/α,β-unsaturated/α-hetero) is 1. The normalized spacial score (nSPS) is 26.9. The number of sulfone groups is 1. The van der Waals surface area contributed by atoms with Gasteiger partial charge in [-0.1, -0.05) is 80.1 Å². The van der Waals surface area contributed by atoms with Crippen molar-refractivity contribution in [1.82, 2.24) is 20.9 Å². The second-order valence-corrected chi connectivity index (χ2v) is 18.0. The van der Waals surface area contributed by atoms with Crippen molar-refractivity contribution in [2.24, 2.45) is 34.3 Å². The van der Waals surface area contributed by atoms with Crippen LogP contribution in [0, 0.1) is 28.6 Å². The first kappa shape index (κ1) is 35.2. The van der Waals surface area contributed by atoms with E-state index in [0.717, 1.165) is 38.5 Å². The van der Waals surface area contributed by atoms with Crippen LogP contribution < -0.4 is 21.7 Å². The highest BCUT2D eigenvalue weighted by Gasteiger charge is 2.70. The van der Waals surface area contributed by atoms with E-state index >= 15 is 0 Å². The van der Waals surface area contributed by atoms with Crippen molar-refractivity contribution in [2.45, 2.75) is 123 Å². The predicted octanol–water partition coefficient (Wildman–Crippen LogP) is 2.05. The molecule has 4 fully saturated rings. The van der Waals surface area contributed by atoms with Gasteiger partial charge >= 0.3 is 6.03 Å². The third kappa shape index (κ3) is 7.65. The third-order valence-corrected chi connectivity index (χ3v) is 12.8. The largest absolute Gasteiger partial charge is 0.363 e. The molecule has 5 amide bonds. The maximum atomic E-state index is 14.3. The maximum Gasteiger partial charge on any atom is 0.315 e. The van der Waals surface area contributed by atoms with Gasteiger partial charge in [0.1, 0.15) is 12.1 Å². The molecule has 5 N–H and O–H groups in total. The molecule has 0 aromatic rings. The number of hydrogen-bond donors (Lipinski definition) is 4. The summed E-state index contributed by atoms with van der Waals surface area (Å²) in [4.78, 5) is 67.8. The molecule has 13 heteroatoms. The van der Waals surface area contributed by atoms with E-state index in [-0.39, 0.29) is 34.7 Å². The Bertz CT molecular complexity index is 1300. The molecule has 0 aromatic carbocycles. The number of nitrogens with two attached hydrogens (primary N) is 1. The summed E-state index contributed by atoms with van der Waals surface area (Å²) in [6.07, 6.45) is 6.81. The Balaban J connectivity index is 1.54. The van der Waals surface area contributed by atoms with Crippen LogP contribution in [0.1, 0.15) is 99.3 Å². The Hall–Kier alpha value is -2.70. The molecule has 0 radical (unpaired) electrons. The molecule has 45 heavy (non-hydrogen) atoms. The Kier molecular flexibility index (Phi) is 10.0. The quantitative estimate of drug-likeness (QED) is 0.233. The van der Waals surface area contributed by atoms with Crippen molar-refractivity contribution in [1.29, 1.82) is 0 Å². The first-order valence-corrected chi connectivity index (χ1v) is 18.4. The van der Waals surface area contributed by atoms with E-state index in [2.05, 4.69) is 16.0 Å². The minimum atomic E-state index is -3.38. The predicted molar refractivity (Wildman–Crippen MR) is 169 cm³/mol. The van der Waals surface area contributed by atoms with Crippen LogP contribution in [0.2, 0.25) is 0 Å². The van der Waals surface area contributed by atoms with Gasteiger partial charge in [0, 0.05) is 12.3 Å². The van der Waals surface area contributed by atoms with Gasteiger partial charge in [0.15, 0.2) is 9.84 Å². The smallest absolute Gasteiger partial charge is 0.315 e. The van der Waals surface area contributed by atoms with Gasteiger partial charge in [0.05, 0.1) is 17.3 Å². The van der Waals surface area contributed by atoms with Crippen molar-refractivity contribution < 1.29 is 32.4 Å². The average Bonchev–Trinajstić information content (AvgIpc) is 3.24. The number of piperidine rings is 1. The summed E-state index contributed by atoms with van der Waals surface area (Å²) in [5.74, 6) is -2.90. The average molecular weight is 652 g/mol. The number of amides is 5. The van der Waals surface area contributed by atoms with Crippen molar-refractivity contribution in [3.05, 3.63) is 0 Å². The van der Waals surface area contributed by atoms with Crippen LogP contribution in [0.4, 0.5) is 4.79 Å². The van der Waals surface area contributed by atoms with Crippen LogP contribution in [0.15, 0.2) is 0 Å². The molecular weight excluding hydrogens is 598 g/mol. The van der Waals surface area contributed by atoms with E-state index in [4.69, 9.17) is 5.73 Å². The molecule has 12 nitrogen and oxygen atoms in total. The molecule has 4 aliphatic rings. The molecule has 1 aliphatic heterocycles. The minimum Gasteiger partial charge on any atom is -0.363 e. The van der Waals surface area contributed by atoms with E-state index < -0.39 is 68.5 Å². The number of primary amides is 1. The van der Waals surface area contributed by atoms with Crippen molar-refractivity contribution in [3.8, 4) is 0 Å². The highest BCUT2D eigenvalue weighted by atomic mass is 32.2. The van der Waals surface area contributed by atoms with Crippen LogP contribution >= 0.6 is 0 Å². The number of urea groups is 1. The number of carbonyl (C=O) groups excluding carboxylic acids is 5. The van der Waals surface area contributed by atoms with E-state index in [9.17, 15) is 32.4 Å². The summed E-state index contributed by atoms with van der Waals surface area (Å²) in [6, 6.07) is -3.56. The van der Waals surface area contributed by atoms with Gasteiger partial charge in [-0.3, -0.25) is 19.2 Å². The standard InChI is InChI=1S/C32H53N5O7S/c1-7-45(43,44)18-32(14-9-8-10-15-32)36-29(42)35-25(30(2,3)4)28(41)37-17-20-22(31(20,5)6)23(37)27(40)34-21(24(38)26(33)39)16-19-12-11-13-19/h19-23,25H,7-18H2,1-6H3,(H2,33,39)(H,34,40)(H2,35,36,42)/t20?,21?,22?,23?,25-/m1/s1. The zero-order valence-corrected chi connectivity index (χ0v) is 28.6. The molecule has 3 saturated carbocycles. The third-order valence-electron chi connectivity index (χ3n) is 10.9. The van der Waals surface area contributed by atoms with Gasteiger partial charge in [0.25, 0.3) is 5.91 Å². The summed E-state index contributed by atoms with van der Waals surface area (Å²) in [7, 11) is -3.38. The highest BCUT2D eigenvalue weighted by Crippen LogP contribution is 2.65. The van der Waals surface area contributed by atoms with Gasteiger partial charge in [-0.05, 0) is 47.8 Å². The number of hydrogen-bond acceptors (Lipinski definition) is 7. The number of fused-ring (bicyclic) bond motifs is 1. The van der Waals surface area contributed by atoms with Crippen LogP contribution in [0.3, 0.4) is 0 Å². The molecule has 3 aliphatic carbocycles. The second kappa shape index (κ2) is 12.8. The molecule has 5 atom stereocenters. The van der Waals surface area contributed by atoms with E-state index in [0.29, 0.717) is 25.8 Å². The Labute approximate surface area is 267 Å². The molecule has 1 saturated heterocycles. The number of likely N-dealkylation sites (tertiary alicyclic amines) is 1. The lowest BCUT2D eigenvalue weighted by atomic mass is 9.80. The lowest BCUT2D eigenvalue weighted by Gasteiger charge is -2.40. The summed E-state index contributed by atoms with van der Waals surface area (Å²) in [6.45, 7) is 11.5. The van der Waals surface area contributed by atoms with E-state index in [1.165, 1.54) is 4.90 Å². The summed E-state index contributed by atoms with van der Waals surface area (Å²) in [5.41, 5.74) is 3.47. The van der Waals surface area contributed by atoms with Crippen LogP contribution in [0.5, 0.6) is 0 Å². The van der Waals surface area contributed by atoms with Crippen LogP contribution in [-0.4, -0.2) is 84.6 Å². The fraction of sp³-hybridized carbons (Fsp3) is 0.844. The number of nitrogens with one attached hydrogen (secondary N) is 3.